The minimum Gasteiger partial charge on any atom is -0.456 e. The number of fused-ring (bicyclic) bond motifs is 7. The van der Waals surface area contributed by atoms with E-state index < -0.39 is 5.41 Å². The molecule has 1 unspecified atom stereocenters. The molecule has 0 fully saturated rings. The highest BCUT2D eigenvalue weighted by Gasteiger charge is 2.53. The van der Waals surface area contributed by atoms with Crippen molar-refractivity contribution in [1.82, 2.24) is 0 Å². The molecule has 0 N–H and O–H groups in total. The molecule has 1 heterocycles. The first kappa shape index (κ1) is 14.1. The lowest BCUT2D eigenvalue weighted by Gasteiger charge is -2.37. The third-order valence-corrected chi connectivity index (χ3v) is 6.09. The molecular weight excluding hydrogens is 320 g/mol. The molecule has 3 aromatic carbocycles. The Morgan fingerprint density at radius 3 is 2.35 bits per heavy atom. The number of para-hydroxylation sites is 1. The number of Topliss-reactive ketones (excluding diaryl/α,β-unsaturated/α-hetero) is 1. The van der Waals surface area contributed by atoms with E-state index in [1.165, 1.54) is 11.1 Å². The number of rotatable bonds is 0. The van der Waals surface area contributed by atoms with Gasteiger partial charge in [0.05, 0.1) is 5.41 Å². The van der Waals surface area contributed by atoms with Crippen molar-refractivity contribution in [2.24, 2.45) is 0 Å². The number of benzene rings is 3. The van der Waals surface area contributed by atoms with Gasteiger partial charge in [-0.15, -0.1) is 0 Å². The van der Waals surface area contributed by atoms with Crippen molar-refractivity contribution in [1.29, 1.82) is 0 Å². The summed E-state index contributed by atoms with van der Waals surface area (Å²) in [7, 11) is 0. The van der Waals surface area contributed by atoms with E-state index in [9.17, 15) is 4.79 Å². The van der Waals surface area contributed by atoms with E-state index in [1.807, 2.05) is 36.4 Å². The molecule has 0 aromatic heterocycles. The highest BCUT2D eigenvalue weighted by atomic mass is 16.5. The zero-order chi connectivity index (χ0) is 17.3. The van der Waals surface area contributed by atoms with Crippen LogP contribution in [0.5, 0.6) is 5.75 Å². The molecule has 1 atom stereocenters. The SMILES string of the molecule is O=C1CC2(C3=C(Oc4ccccc42)c2ccccc2C3)c2ccccc21. The second-order valence-corrected chi connectivity index (χ2v) is 7.29. The Hall–Kier alpha value is -3.13. The van der Waals surface area contributed by atoms with Crippen LogP contribution < -0.4 is 4.74 Å². The van der Waals surface area contributed by atoms with E-state index in [-0.39, 0.29) is 5.78 Å². The smallest absolute Gasteiger partial charge is 0.164 e. The van der Waals surface area contributed by atoms with Gasteiger partial charge in [-0.2, -0.15) is 0 Å². The van der Waals surface area contributed by atoms with Crippen LogP contribution in [-0.4, -0.2) is 5.78 Å². The summed E-state index contributed by atoms with van der Waals surface area (Å²) >= 11 is 0. The van der Waals surface area contributed by atoms with Crippen molar-refractivity contribution in [2.45, 2.75) is 18.3 Å². The lowest BCUT2D eigenvalue weighted by Crippen LogP contribution is -2.32. The van der Waals surface area contributed by atoms with Crippen LogP contribution in [0.15, 0.2) is 78.4 Å². The molecule has 0 bridgehead atoms. The molecule has 26 heavy (non-hydrogen) atoms. The molecule has 2 nitrogen and oxygen atoms in total. The molecule has 3 aliphatic rings. The van der Waals surface area contributed by atoms with Crippen LogP contribution in [0, 0.1) is 0 Å². The van der Waals surface area contributed by atoms with Gasteiger partial charge >= 0.3 is 0 Å². The highest BCUT2D eigenvalue weighted by molar-refractivity contribution is 6.05. The largest absolute Gasteiger partial charge is 0.456 e. The first-order valence-electron chi connectivity index (χ1n) is 9.01. The summed E-state index contributed by atoms with van der Waals surface area (Å²) in [6, 6.07) is 24.7. The zero-order valence-corrected chi connectivity index (χ0v) is 14.2. The van der Waals surface area contributed by atoms with Gasteiger partial charge in [-0.1, -0.05) is 66.7 Å². The molecule has 6 rings (SSSR count). The number of carbonyl (C=O) groups is 1. The summed E-state index contributed by atoms with van der Waals surface area (Å²) < 4.78 is 6.39. The standard InChI is InChI=1S/C24H16O2/c25-21-14-24(18-10-4-3-9-17(18)21)19-11-5-6-12-22(19)26-23-16-8-2-1-7-15(16)13-20(23)24/h1-12H,13-14H2. The summed E-state index contributed by atoms with van der Waals surface area (Å²) in [5.74, 6) is 2.04. The van der Waals surface area contributed by atoms with Gasteiger partial charge in [0.2, 0.25) is 0 Å². The van der Waals surface area contributed by atoms with Crippen molar-refractivity contribution >= 4 is 11.5 Å². The lowest BCUT2D eigenvalue weighted by atomic mass is 9.68. The van der Waals surface area contributed by atoms with Gasteiger partial charge in [-0.3, -0.25) is 4.79 Å². The first-order valence-corrected chi connectivity index (χ1v) is 9.01. The summed E-state index contributed by atoms with van der Waals surface area (Å²) in [5, 5.41) is 0. The van der Waals surface area contributed by atoms with Gasteiger partial charge in [0.15, 0.2) is 5.78 Å². The Kier molecular flexibility index (Phi) is 2.56. The summed E-state index contributed by atoms with van der Waals surface area (Å²) in [6.45, 7) is 0. The van der Waals surface area contributed by atoms with E-state index in [4.69, 9.17) is 4.74 Å². The fraction of sp³-hybridized carbons (Fsp3) is 0.125. The second kappa shape index (κ2) is 4.73. The van der Waals surface area contributed by atoms with Gasteiger partial charge in [-0.25, -0.2) is 0 Å². The van der Waals surface area contributed by atoms with Crippen molar-refractivity contribution in [3.8, 4) is 5.75 Å². The Labute approximate surface area is 151 Å². The molecule has 0 saturated carbocycles. The number of ether oxygens (including phenoxy) is 1. The minimum atomic E-state index is -0.406. The normalized spacial score (nSPS) is 21.9. The second-order valence-electron chi connectivity index (χ2n) is 7.29. The van der Waals surface area contributed by atoms with Crippen LogP contribution in [0.1, 0.15) is 39.0 Å². The number of ketones is 1. The zero-order valence-electron chi connectivity index (χ0n) is 14.2. The number of carbonyl (C=O) groups excluding carboxylic acids is 1. The molecule has 1 spiro atoms. The molecule has 0 saturated heterocycles. The van der Waals surface area contributed by atoms with E-state index >= 15 is 0 Å². The quantitative estimate of drug-likeness (QED) is 0.582. The van der Waals surface area contributed by atoms with E-state index in [0.29, 0.717) is 6.42 Å². The lowest BCUT2D eigenvalue weighted by molar-refractivity contribution is 0.0983. The van der Waals surface area contributed by atoms with Gasteiger partial charge in [-0.05, 0) is 29.2 Å². The Morgan fingerprint density at radius 2 is 1.46 bits per heavy atom. The maximum Gasteiger partial charge on any atom is 0.164 e. The Morgan fingerprint density at radius 1 is 0.769 bits per heavy atom. The van der Waals surface area contributed by atoms with Gasteiger partial charge < -0.3 is 4.74 Å². The summed E-state index contributed by atoms with van der Waals surface area (Å²) in [5.41, 5.74) is 6.36. The molecule has 2 aliphatic carbocycles. The first-order chi connectivity index (χ1) is 12.8. The fourth-order valence-electron chi connectivity index (χ4n) is 5.01. The molecule has 1 aliphatic heterocycles. The Bertz CT molecular complexity index is 1140. The van der Waals surface area contributed by atoms with Crippen LogP contribution >= 0.6 is 0 Å². The molecular formula is C24H16O2. The molecule has 0 radical (unpaired) electrons. The average Bonchev–Trinajstić information content (AvgIpc) is 3.20. The minimum absolute atomic E-state index is 0.222. The van der Waals surface area contributed by atoms with Crippen molar-refractivity contribution < 1.29 is 9.53 Å². The maximum atomic E-state index is 12.9. The van der Waals surface area contributed by atoms with Crippen LogP contribution in [0.4, 0.5) is 0 Å². The topological polar surface area (TPSA) is 26.3 Å². The average molecular weight is 336 g/mol. The van der Waals surface area contributed by atoms with E-state index in [1.54, 1.807) is 0 Å². The van der Waals surface area contributed by atoms with Crippen molar-refractivity contribution in [3.63, 3.8) is 0 Å². The predicted octanol–water partition coefficient (Wildman–Crippen LogP) is 4.92. The molecule has 0 amide bonds. The highest BCUT2D eigenvalue weighted by Crippen LogP contribution is 2.58. The molecule has 3 aromatic rings. The van der Waals surface area contributed by atoms with Gasteiger partial charge in [0, 0.05) is 23.1 Å². The fourth-order valence-corrected chi connectivity index (χ4v) is 5.01. The monoisotopic (exact) mass is 336 g/mol. The molecule has 2 heteroatoms. The number of allylic oxidation sites excluding steroid dienone is 1. The van der Waals surface area contributed by atoms with Gasteiger partial charge in [0.25, 0.3) is 0 Å². The maximum absolute atomic E-state index is 12.9. The van der Waals surface area contributed by atoms with E-state index in [0.717, 1.165) is 40.2 Å². The third-order valence-electron chi connectivity index (χ3n) is 6.09. The summed E-state index contributed by atoms with van der Waals surface area (Å²) in [4.78, 5) is 12.9. The van der Waals surface area contributed by atoms with Crippen LogP contribution in [-0.2, 0) is 11.8 Å². The van der Waals surface area contributed by atoms with Gasteiger partial charge in [0.1, 0.15) is 11.5 Å². The number of hydrogen-bond donors (Lipinski definition) is 0. The Balaban J connectivity index is 1.72. The van der Waals surface area contributed by atoms with Crippen LogP contribution in [0.2, 0.25) is 0 Å². The van der Waals surface area contributed by atoms with Crippen molar-refractivity contribution in [2.75, 3.05) is 0 Å². The van der Waals surface area contributed by atoms with E-state index in [2.05, 4.69) is 36.4 Å². The molecule has 124 valence electrons. The predicted molar refractivity (Wildman–Crippen MR) is 100 cm³/mol. The van der Waals surface area contributed by atoms with Crippen LogP contribution in [0.25, 0.3) is 5.76 Å². The number of hydrogen-bond acceptors (Lipinski definition) is 2. The summed E-state index contributed by atoms with van der Waals surface area (Å²) in [6.07, 6.45) is 1.32. The van der Waals surface area contributed by atoms with Crippen LogP contribution in [0.3, 0.4) is 0 Å². The third kappa shape index (κ3) is 1.55. The van der Waals surface area contributed by atoms with Crippen molar-refractivity contribution in [3.05, 3.63) is 106 Å².